The van der Waals surface area contributed by atoms with Crippen LogP contribution in [0.15, 0.2) is 54.6 Å². The Balaban J connectivity index is 1.54. The second-order valence-electron chi connectivity index (χ2n) is 7.36. The number of rotatable bonds is 8. The highest BCUT2D eigenvalue weighted by atomic mass is 32.2. The van der Waals surface area contributed by atoms with E-state index in [1.54, 1.807) is 42.5 Å². The molecule has 1 aliphatic rings. The summed E-state index contributed by atoms with van der Waals surface area (Å²) in [6.07, 6.45) is 0.928. The number of carbonyl (C=O) groups excluding carboxylic acids is 4. The third kappa shape index (κ3) is 5.79. The molecule has 167 valence electrons. The Bertz CT molecular complexity index is 1150. The highest BCUT2D eigenvalue weighted by molar-refractivity contribution is 7.90. The lowest BCUT2D eigenvalue weighted by atomic mass is 10.1. The number of nitrogens with two attached hydrogens (primary N) is 1. The Morgan fingerprint density at radius 1 is 1.06 bits per heavy atom. The molecule has 1 radical (unpaired) electrons. The number of hydrogen-bond acceptors (Lipinski definition) is 6. The lowest BCUT2D eigenvalue weighted by molar-refractivity contribution is -0.124. The van der Waals surface area contributed by atoms with Crippen molar-refractivity contribution in [1.82, 2.24) is 10.2 Å². The number of primary amides is 1. The maximum atomic E-state index is 12.5. The molecule has 0 bridgehead atoms. The molecule has 0 unspecified atom stereocenters. The average Bonchev–Trinajstić information content (AvgIpc) is 3.12. The first-order valence-corrected chi connectivity index (χ1v) is 11.6. The number of nitrogens with zero attached hydrogens (tertiary/aromatic N) is 1. The maximum absolute atomic E-state index is 12.5. The quantitative estimate of drug-likeness (QED) is 0.577. The van der Waals surface area contributed by atoms with Gasteiger partial charge in [-0.15, -0.1) is 0 Å². The Kier molecular flexibility index (Phi) is 7.04. The largest absolute Gasteiger partial charge is 0.366 e. The zero-order valence-corrected chi connectivity index (χ0v) is 17.9. The minimum absolute atomic E-state index is 0.00484. The molecule has 2 aromatic rings. The second-order valence-corrected chi connectivity index (χ2v) is 9.47. The Hall–Kier alpha value is -3.53. The van der Waals surface area contributed by atoms with Crippen molar-refractivity contribution in [1.29, 1.82) is 0 Å². The summed E-state index contributed by atoms with van der Waals surface area (Å²) in [5, 5.41) is 2.45. The summed E-state index contributed by atoms with van der Waals surface area (Å²) in [6.45, 7) is -0.133. The van der Waals surface area contributed by atoms with Gasteiger partial charge in [0.1, 0.15) is 6.04 Å². The standard InChI is InChI=1S/C22H22N3O6S/c23-21(28)17-9-5-4-8-16(17)14-32(30,31)11-10-20(27)24-18-12-25(13-19(18)26)22(29)15-6-2-1-3-7-15/h1-10,18H,11-14H2,(H2,23,28)(H,24,27)/t18-/m0/s1. The van der Waals surface area contributed by atoms with Gasteiger partial charge in [0.05, 0.1) is 24.5 Å². The fourth-order valence-electron chi connectivity index (χ4n) is 3.34. The van der Waals surface area contributed by atoms with Crippen molar-refractivity contribution in [2.24, 2.45) is 5.73 Å². The van der Waals surface area contributed by atoms with Gasteiger partial charge in [0.25, 0.3) is 5.91 Å². The van der Waals surface area contributed by atoms with Gasteiger partial charge in [-0.05, 0) is 23.8 Å². The van der Waals surface area contributed by atoms with Gasteiger partial charge in [-0.1, -0.05) is 36.4 Å². The molecule has 3 amide bonds. The van der Waals surface area contributed by atoms with E-state index in [0.29, 0.717) is 5.56 Å². The van der Waals surface area contributed by atoms with E-state index in [9.17, 15) is 27.6 Å². The predicted octanol–water partition coefficient (Wildman–Crippen LogP) is 0.114. The van der Waals surface area contributed by atoms with Gasteiger partial charge in [-0.3, -0.25) is 19.2 Å². The van der Waals surface area contributed by atoms with Crippen molar-refractivity contribution in [3.05, 3.63) is 77.7 Å². The normalized spacial score (nSPS) is 16.1. The minimum atomic E-state index is -3.77. The number of benzene rings is 2. The molecule has 10 heteroatoms. The molecule has 32 heavy (non-hydrogen) atoms. The number of sulfone groups is 1. The fourth-order valence-corrected chi connectivity index (χ4v) is 4.59. The van der Waals surface area contributed by atoms with Crippen LogP contribution in [0.2, 0.25) is 0 Å². The molecular formula is C22H22N3O6S. The fraction of sp³-hybridized carbons (Fsp3) is 0.227. The van der Waals surface area contributed by atoms with E-state index in [1.807, 2.05) is 0 Å². The Morgan fingerprint density at radius 2 is 1.72 bits per heavy atom. The van der Waals surface area contributed by atoms with E-state index >= 15 is 0 Å². The summed E-state index contributed by atoms with van der Waals surface area (Å²) in [5.41, 5.74) is 6.04. The van der Waals surface area contributed by atoms with E-state index in [1.165, 1.54) is 17.0 Å². The minimum Gasteiger partial charge on any atom is -0.366 e. The van der Waals surface area contributed by atoms with Gasteiger partial charge in [-0.2, -0.15) is 0 Å². The van der Waals surface area contributed by atoms with Crippen LogP contribution >= 0.6 is 0 Å². The number of likely N-dealkylation sites (tertiary alicyclic amines) is 1. The van der Waals surface area contributed by atoms with Crippen LogP contribution in [-0.4, -0.2) is 61.7 Å². The van der Waals surface area contributed by atoms with Crippen LogP contribution in [0.4, 0.5) is 0 Å². The van der Waals surface area contributed by atoms with Gasteiger partial charge >= 0.3 is 0 Å². The molecule has 0 aromatic heterocycles. The van der Waals surface area contributed by atoms with Crippen LogP contribution in [0.25, 0.3) is 0 Å². The van der Waals surface area contributed by atoms with Gasteiger partial charge in [0.15, 0.2) is 15.6 Å². The summed E-state index contributed by atoms with van der Waals surface area (Å²) >= 11 is 0. The van der Waals surface area contributed by atoms with E-state index in [0.717, 1.165) is 6.42 Å². The Labute approximate surface area is 185 Å². The number of ketones is 1. The second kappa shape index (κ2) is 9.73. The molecule has 0 saturated carbocycles. The molecule has 1 heterocycles. The lowest BCUT2D eigenvalue weighted by Crippen LogP contribution is -2.42. The molecule has 1 fully saturated rings. The van der Waals surface area contributed by atoms with Crippen LogP contribution in [0.5, 0.6) is 0 Å². The summed E-state index contributed by atoms with van der Waals surface area (Å²) in [4.78, 5) is 49.7. The average molecular weight is 457 g/mol. The molecule has 0 spiro atoms. The van der Waals surface area contributed by atoms with Crippen molar-refractivity contribution < 1.29 is 27.6 Å². The third-order valence-electron chi connectivity index (χ3n) is 4.94. The third-order valence-corrected chi connectivity index (χ3v) is 6.37. The van der Waals surface area contributed by atoms with Gasteiger partial charge < -0.3 is 16.0 Å². The van der Waals surface area contributed by atoms with Gasteiger partial charge in [-0.25, -0.2) is 8.42 Å². The number of nitrogens with one attached hydrogen (secondary N) is 1. The SMILES string of the molecule is NC(=O)c1ccccc1CS(=O)(=O)C[CH]C(=O)N[C@H]1CN(C(=O)c2ccccc2)CC1=O. The highest BCUT2D eigenvalue weighted by Gasteiger charge is 2.35. The van der Waals surface area contributed by atoms with Crippen molar-refractivity contribution >= 4 is 33.3 Å². The monoisotopic (exact) mass is 456 g/mol. The molecule has 3 rings (SSSR count). The first-order valence-electron chi connectivity index (χ1n) is 9.75. The molecule has 1 aliphatic heterocycles. The van der Waals surface area contributed by atoms with Gasteiger partial charge in [0, 0.05) is 17.7 Å². The molecule has 1 atom stereocenters. The van der Waals surface area contributed by atoms with E-state index < -0.39 is 39.2 Å². The molecule has 1 saturated heterocycles. The van der Waals surface area contributed by atoms with E-state index in [4.69, 9.17) is 5.73 Å². The summed E-state index contributed by atoms with van der Waals surface area (Å²) in [6, 6.07) is 13.6. The number of hydrogen-bond donors (Lipinski definition) is 2. The van der Waals surface area contributed by atoms with Crippen LogP contribution in [0.1, 0.15) is 26.3 Å². The van der Waals surface area contributed by atoms with E-state index in [-0.39, 0.29) is 35.9 Å². The topological polar surface area (TPSA) is 144 Å². The molecule has 9 nitrogen and oxygen atoms in total. The van der Waals surface area contributed by atoms with Gasteiger partial charge in [0.2, 0.25) is 11.8 Å². The number of Topliss-reactive ketones (excluding diaryl/α,β-unsaturated/α-hetero) is 1. The molecule has 3 N–H and O–H groups in total. The first-order chi connectivity index (χ1) is 15.2. The summed E-state index contributed by atoms with van der Waals surface area (Å²) in [5.74, 6) is -3.18. The Morgan fingerprint density at radius 3 is 2.41 bits per heavy atom. The van der Waals surface area contributed by atoms with Crippen molar-refractivity contribution in [2.45, 2.75) is 11.8 Å². The van der Waals surface area contributed by atoms with Crippen LogP contribution in [0, 0.1) is 6.42 Å². The van der Waals surface area contributed by atoms with Crippen molar-refractivity contribution in [3.63, 3.8) is 0 Å². The zero-order valence-electron chi connectivity index (χ0n) is 17.1. The van der Waals surface area contributed by atoms with Crippen molar-refractivity contribution in [2.75, 3.05) is 18.8 Å². The van der Waals surface area contributed by atoms with Crippen LogP contribution < -0.4 is 11.1 Å². The molecule has 0 aliphatic carbocycles. The van der Waals surface area contributed by atoms with E-state index in [2.05, 4.69) is 5.32 Å². The zero-order chi connectivity index (χ0) is 23.3. The predicted molar refractivity (Wildman–Crippen MR) is 116 cm³/mol. The molecular weight excluding hydrogens is 434 g/mol. The number of carbonyl (C=O) groups is 4. The highest BCUT2D eigenvalue weighted by Crippen LogP contribution is 2.14. The van der Waals surface area contributed by atoms with Crippen LogP contribution in [-0.2, 0) is 25.2 Å². The maximum Gasteiger partial charge on any atom is 0.254 e. The first kappa shape index (κ1) is 23.1. The number of amides is 3. The summed E-state index contributed by atoms with van der Waals surface area (Å²) in [7, 11) is -3.77. The van der Waals surface area contributed by atoms with Crippen molar-refractivity contribution in [3.8, 4) is 0 Å². The lowest BCUT2D eigenvalue weighted by Gasteiger charge is -2.16. The van der Waals surface area contributed by atoms with Crippen LogP contribution in [0.3, 0.4) is 0 Å². The summed E-state index contributed by atoms with van der Waals surface area (Å²) < 4.78 is 24.8. The molecule has 2 aromatic carbocycles. The smallest absolute Gasteiger partial charge is 0.254 e.